The first-order valence-corrected chi connectivity index (χ1v) is 8.99. The second-order valence-corrected chi connectivity index (χ2v) is 6.95. The molecule has 1 aromatic heterocycles. The number of hydrogen-bond acceptors (Lipinski definition) is 3. The summed E-state index contributed by atoms with van der Waals surface area (Å²) < 4.78 is 7.30. The number of fused-ring (bicyclic) bond motifs is 1. The zero-order valence-electron chi connectivity index (χ0n) is 14.9. The monoisotopic (exact) mass is 339 g/mol. The highest BCUT2D eigenvalue weighted by Gasteiger charge is 2.32. The summed E-state index contributed by atoms with van der Waals surface area (Å²) in [5.41, 5.74) is 3.61. The molecule has 1 aliphatic carbocycles. The minimum atomic E-state index is 0.139. The quantitative estimate of drug-likeness (QED) is 0.862. The third-order valence-electron chi connectivity index (χ3n) is 5.60. The van der Waals surface area contributed by atoms with Gasteiger partial charge in [-0.05, 0) is 48.2 Å². The highest BCUT2D eigenvalue weighted by atomic mass is 16.5. The van der Waals surface area contributed by atoms with Crippen molar-refractivity contribution in [3.8, 4) is 5.75 Å². The Morgan fingerprint density at radius 2 is 1.96 bits per heavy atom. The van der Waals surface area contributed by atoms with Crippen LogP contribution in [0, 0.1) is 0 Å². The van der Waals surface area contributed by atoms with Gasteiger partial charge in [-0.15, -0.1) is 0 Å². The molecular weight excluding hydrogens is 314 g/mol. The average Bonchev–Trinajstić information content (AvgIpc) is 3.26. The lowest BCUT2D eigenvalue weighted by Crippen LogP contribution is -2.49. The highest BCUT2D eigenvalue weighted by Crippen LogP contribution is 2.38. The zero-order valence-corrected chi connectivity index (χ0v) is 14.9. The molecular formula is C20H25N3O2. The molecule has 2 aromatic rings. The van der Waals surface area contributed by atoms with Crippen molar-refractivity contribution in [2.75, 3.05) is 33.3 Å². The van der Waals surface area contributed by atoms with E-state index in [0.717, 1.165) is 50.5 Å². The molecule has 1 unspecified atom stereocenters. The summed E-state index contributed by atoms with van der Waals surface area (Å²) in [6.07, 6.45) is 4.22. The number of carbonyl (C=O) groups is 1. The van der Waals surface area contributed by atoms with Crippen molar-refractivity contribution in [1.29, 1.82) is 0 Å². The fourth-order valence-corrected chi connectivity index (χ4v) is 4.15. The maximum atomic E-state index is 12.7. The Morgan fingerprint density at radius 1 is 1.16 bits per heavy atom. The number of amides is 1. The number of benzene rings is 1. The van der Waals surface area contributed by atoms with Crippen molar-refractivity contribution >= 4 is 5.91 Å². The maximum Gasteiger partial charge on any atom is 0.270 e. The van der Waals surface area contributed by atoms with Crippen molar-refractivity contribution in [1.82, 2.24) is 14.4 Å². The van der Waals surface area contributed by atoms with Crippen molar-refractivity contribution in [2.24, 2.45) is 7.05 Å². The number of ether oxygens (including phenoxy) is 1. The molecule has 2 aliphatic rings. The molecule has 1 aliphatic heterocycles. The van der Waals surface area contributed by atoms with E-state index in [2.05, 4.69) is 23.1 Å². The summed E-state index contributed by atoms with van der Waals surface area (Å²) in [6, 6.07) is 10.7. The van der Waals surface area contributed by atoms with E-state index in [-0.39, 0.29) is 5.91 Å². The van der Waals surface area contributed by atoms with Crippen LogP contribution in [0.5, 0.6) is 5.75 Å². The molecule has 132 valence electrons. The molecule has 0 bridgehead atoms. The summed E-state index contributed by atoms with van der Waals surface area (Å²) in [5, 5.41) is 0. The van der Waals surface area contributed by atoms with Gasteiger partial charge in [0.1, 0.15) is 11.4 Å². The van der Waals surface area contributed by atoms with E-state index in [9.17, 15) is 4.79 Å². The van der Waals surface area contributed by atoms with Crippen molar-refractivity contribution in [2.45, 2.75) is 18.9 Å². The Kier molecular flexibility index (Phi) is 4.25. The topological polar surface area (TPSA) is 37.7 Å². The van der Waals surface area contributed by atoms with Crippen LogP contribution in [0.4, 0.5) is 0 Å². The molecule has 1 amide bonds. The van der Waals surface area contributed by atoms with E-state index in [1.54, 1.807) is 7.11 Å². The SMILES string of the molecule is COc1ccc2c(c1)C(N1CCN(C(=O)c3cccn3C)CC1)CC2. The highest BCUT2D eigenvalue weighted by molar-refractivity contribution is 5.92. The van der Waals surface area contributed by atoms with Crippen LogP contribution in [0.1, 0.15) is 34.1 Å². The number of hydrogen-bond donors (Lipinski definition) is 0. The van der Waals surface area contributed by atoms with Crippen molar-refractivity contribution < 1.29 is 9.53 Å². The number of aryl methyl sites for hydroxylation is 2. The van der Waals surface area contributed by atoms with Gasteiger partial charge in [-0.2, -0.15) is 0 Å². The van der Waals surface area contributed by atoms with Crippen LogP contribution in [0.25, 0.3) is 0 Å². The lowest BCUT2D eigenvalue weighted by Gasteiger charge is -2.38. The van der Waals surface area contributed by atoms with Crippen LogP contribution < -0.4 is 4.74 Å². The second-order valence-electron chi connectivity index (χ2n) is 6.95. The molecule has 0 radical (unpaired) electrons. The van der Waals surface area contributed by atoms with Crippen LogP contribution >= 0.6 is 0 Å². The number of rotatable bonds is 3. The van der Waals surface area contributed by atoms with Gasteiger partial charge < -0.3 is 14.2 Å². The Hall–Kier alpha value is -2.27. The predicted molar refractivity (Wildman–Crippen MR) is 96.9 cm³/mol. The lowest BCUT2D eigenvalue weighted by molar-refractivity contribution is 0.0559. The molecule has 0 saturated carbocycles. The normalized spacial score (nSPS) is 20.6. The van der Waals surface area contributed by atoms with E-state index >= 15 is 0 Å². The number of aromatic nitrogens is 1. The Bertz CT molecular complexity index is 775. The molecule has 1 atom stereocenters. The van der Waals surface area contributed by atoms with E-state index in [1.807, 2.05) is 34.8 Å². The standard InChI is InChI=1S/C20H25N3O2/c1-21-9-3-4-19(21)20(24)23-12-10-22(11-13-23)18-8-6-15-5-7-16(25-2)14-17(15)18/h3-5,7,9,14,18H,6,8,10-13H2,1-2H3. The minimum Gasteiger partial charge on any atom is -0.497 e. The summed E-state index contributed by atoms with van der Waals surface area (Å²) in [7, 11) is 3.64. The number of methoxy groups -OCH3 is 1. The van der Waals surface area contributed by atoms with Gasteiger partial charge in [0, 0.05) is 45.5 Å². The molecule has 5 heteroatoms. The molecule has 2 heterocycles. The van der Waals surface area contributed by atoms with E-state index in [1.165, 1.54) is 11.1 Å². The van der Waals surface area contributed by atoms with Crippen LogP contribution in [-0.2, 0) is 13.5 Å². The predicted octanol–water partition coefficient (Wildman–Crippen LogP) is 2.48. The number of piperazine rings is 1. The van der Waals surface area contributed by atoms with Crippen molar-refractivity contribution in [3.05, 3.63) is 53.3 Å². The van der Waals surface area contributed by atoms with Gasteiger partial charge in [-0.25, -0.2) is 0 Å². The maximum absolute atomic E-state index is 12.7. The third kappa shape index (κ3) is 2.93. The molecule has 25 heavy (non-hydrogen) atoms. The molecule has 1 saturated heterocycles. The lowest BCUT2D eigenvalue weighted by atomic mass is 10.1. The van der Waals surface area contributed by atoms with E-state index in [4.69, 9.17) is 4.74 Å². The van der Waals surface area contributed by atoms with E-state index < -0.39 is 0 Å². The van der Waals surface area contributed by atoms with Gasteiger partial charge in [-0.3, -0.25) is 9.69 Å². The fourth-order valence-electron chi connectivity index (χ4n) is 4.15. The van der Waals surface area contributed by atoms with Gasteiger partial charge in [0.05, 0.1) is 7.11 Å². The van der Waals surface area contributed by atoms with Gasteiger partial charge in [-0.1, -0.05) is 6.07 Å². The van der Waals surface area contributed by atoms with E-state index in [0.29, 0.717) is 6.04 Å². The molecule has 0 N–H and O–H groups in total. The molecule has 4 rings (SSSR count). The van der Waals surface area contributed by atoms with Crippen LogP contribution in [0.2, 0.25) is 0 Å². The molecule has 1 fully saturated rings. The van der Waals surface area contributed by atoms with Gasteiger partial charge >= 0.3 is 0 Å². The van der Waals surface area contributed by atoms with Crippen LogP contribution in [0.15, 0.2) is 36.5 Å². The van der Waals surface area contributed by atoms with Gasteiger partial charge in [0.2, 0.25) is 0 Å². The third-order valence-corrected chi connectivity index (χ3v) is 5.60. The molecule has 1 aromatic carbocycles. The average molecular weight is 339 g/mol. The summed E-state index contributed by atoms with van der Waals surface area (Å²) in [5.74, 6) is 1.07. The molecule has 0 spiro atoms. The smallest absolute Gasteiger partial charge is 0.270 e. The van der Waals surface area contributed by atoms with Gasteiger partial charge in [0.15, 0.2) is 0 Å². The summed E-state index contributed by atoms with van der Waals surface area (Å²) >= 11 is 0. The first kappa shape index (κ1) is 16.2. The summed E-state index contributed by atoms with van der Waals surface area (Å²) in [4.78, 5) is 17.2. The number of nitrogens with zero attached hydrogens (tertiary/aromatic N) is 3. The van der Waals surface area contributed by atoms with Gasteiger partial charge in [0.25, 0.3) is 5.91 Å². The Labute approximate surface area is 148 Å². The zero-order chi connectivity index (χ0) is 17.4. The first-order chi connectivity index (χ1) is 12.2. The second kappa shape index (κ2) is 6.56. The first-order valence-electron chi connectivity index (χ1n) is 8.99. The molecule has 5 nitrogen and oxygen atoms in total. The fraction of sp³-hybridized carbons (Fsp3) is 0.450. The van der Waals surface area contributed by atoms with Crippen LogP contribution in [-0.4, -0.2) is 53.6 Å². The van der Waals surface area contributed by atoms with Crippen molar-refractivity contribution in [3.63, 3.8) is 0 Å². The Morgan fingerprint density at radius 3 is 2.64 bits per heavy atom. The minimum absolute atomic E-state index is 0.139. The van der Waals surface area contributed by atoms with Crippen LogP contribution in [0.3, 0.4) is 0 Å². The summed E-state index contributed by atoms with van der Waals surface area (Å²) in [6.45, 7) is 3.44. The largest absolute Gasteiger partial charge is 0.497 e. The Balaban J connectivity index is 1.44. The number of carbonyl (C=O) groups excluding carboxylic acids is 1.